The number of carbonyl (C=O) groups excluding carboxylic acids is 1. The zero-order valence-corrected chi connectivity index (χ0v) is 15.1. The van der Waals surface area contributed by atoms with Crippen LogP contribution in [-0.2, 0) is 0 Å². The minimum Gasteiger partial charge on any atom is -0.344 e. The van der Waals surface area contributed by atoms with Crippen molar-refractivity contribution in [1.29, 1.82) is 0 Å². The fourth-order valence-electron chi connectivity index (χ4n) is 2.27. The molecule has 0 bridgehead atoms. The van der Waals surface area contributed by atoms with Gasteiger partial charge in [-0.25, -0.2) is 13.8 Å². The monoisotopic (exact) mass is 375 g/mol. The average Bonchev–Trinajstić information content (AvgIpc) is 3.02. The van der Waals surface area contributed by atoms with Gasteiger partial charge in [0.1, 0.15) is 22.3 Å². The summed E-state index contributed by atoms with van der Waals surface area (Å²) >= 11 is 1.02. The van der Waals surface area contributed by atoms with Crippen molar-refractivity contribution in [3.8, 4) is 10.6 Å². The second-order valence-corrected chi connectivity index (χ2v) is 6.14. The highest BCUT2D eigenvalue weighted by Gasteiger charge is 2.28. The molecule has 2 aromatic rings. The Balaban J connectivity index is 0.00000288. The lowest BCUT2D eigenvalue weighted by Gasteiger charge is -2.31. The van der Waals surface area contributed by atoms with Crippen LogP contribution in [0, 0.1) is 11.6 Å². The number of benzene rings is 1. The zero-order chi connectivity index (χ0) is 17.0. The largest absolute Gasteiger partial charge is 0.344 e. The SMILES string of the molecule is CCC(CC)(CN)NC(=O)c1csc(-c2c(F)cccc2F)n1.Cl. The van der Waals surface area contributed by atoms with Crippen molar-refractivity contribution in [2.24, 2.45) is 5.73 Å². The van der Waals surface area contributed by atoms with Crippen molar-refractivity contribution in [2.75, 3.05) is 6.54 Å². The third-order valence-electron chi connectivity index (χ3n) is 4.04. The molecule has 0 unspecified atom stereocenters. The Hall–Kier alpha value is -1.57. The summed E-state index contributed by atoms with van der Waals surface area (Å²) in [5.41, 5.74) is 5.18. The molecule has 132 valence electrons. The lowest BCUT2D eigenvalue weighted by molar-refractivity contribution is 0.0891. The Bertz CT molecular complexity index is 676. The van der Waals surface area contributed by atoms with Gasteiger partial charge in [-0.1, -0.05) is 19.9 Å². The molecule has 4 nitrogen and oxygen atoms in total. The molecule has 0 aliphatic heterocycles. The molecule has 1 heterocycles. The molecule has 24 heavy (non-hydrogen) atoms. The number of carbonyl (C=O) groups is 1. The van der Waals surface area contributed by atoms with E-state index in [-0.39, 0.29) is 28.7 Å². The van der Waals surface area contributed by atoms with Crippen molar-refractivity contribution >= 4 is 29.7 Å². The van der Waals surface area contributed by atoms with E-state index >= 15 is 0 Å². The molecule has 0 saturated carbocycles. The summed E-state index contributed by atoms with van der Waals surface area (Å²) in [7, 11) is 0. The van der Waals surface area contributed by atoms with E-state index < -0.39 is 23.1 Å². The quantitative estimate of drug-likeness (QED) is 0.807. The molecule has 0 fully saturated rings. The molecular formula is C16H20ClF2N3OS. The van der Waals surface area contributed by atoms with Crippen LogP contribution in [0.1, 0.15) is 37.2 Å². The van der Waals surface area contributed by atoms with Crippen LogP contribution in [-0.4, -0.2) is 23.0 Å². The summed E-state index contributed by atoms with van der Waals surface area (Å²) in [6, 6.07) is 3.60. The molecule has 0 aliphatic carbocycles. The first-order chi connectivity index (χ1) is 11.0. The summed E-state index contributed by atoms with van der Waals surface area (Å²) in [4.78, 5) is 16.4. The summed E-state index contributed by atoms with van der Waals surface area (Å²) < 4.78 is 27.6. The topological polar surface area (TPSA) is 68.0 Å². The van der Waals surface area contributed by atoms with Gasteiger partial charge in [0.25, 0.3) is 5.91 Å². The van der Waals surface area contributed by atoms with Gasteiger partial charge in [0.05, 0.1) is 11.1 Å². The van der Waals surface area contributed by atoms with Crippen LogP contribution in [0.2, 0.25) is 0 Å². The van der Waals surface area contributed by atoms with Gasteiger partial charge in [-0.3, -0.25) is 4.79 Å². The zero-order valence-electron chi connectivity index (χ0n) is 13.4. The first-order valence-corrected chi connectivity index (χ1v) is 8.26. The van der Waals surface area contributed by atoms with Gasteiger partial charge in [0.15, 0.2) is 0 Å². The normalized spacial score (nSPS) is 11.0. The maximum atomic E-state index is 13.8. The van der Waals surface area contributed by atoms with Gasteiger partial charge in [-0.05, 0) is 25.0 Å². The molecule has 0 aliphatic rings. The van der Waals surface area contributed by atoms with Crippen LogP contribution in [0.5, 0.6) is 0 Å². The Morgan fingerprint density at radius 1 is 1.29 bits per heavy atom. The van der Waals surface area contributed by atoms with Gasteiger partial charge in [0, 0.05) is 11.9 Å². The number of hydrogen-bond donors (Lipinski definition) is 2. The second-order valence-electron chi connectivity index (χ2n) is 5.28. The number of rotatable bonds is 6. The molecule has 3 N–H and O–H groups in total. The highest BCUT2D eigenvalue weighted by molar-refractivity contribution is 7.13. The van der Waals surface area contributed by atoms with Crippen molar-refractivity contribution in [3.05, 3.63) is 40.9 Å². The van der Waals surface area contributed by atoms with Crippen molar-refractivity contribution in [1.82, 2.24) is 10.3 Å². The summed E-state index contributed by atoms with van der Waals surface area (Å²) in [6.45, 7) is 4.19. The minimum absolute atomic E-state index is 0. The maximum absolute atomic E-state index is 13.8. The van der Waals surface area contributed by atoms with Gasteiger partial charge in [-0.15, -0.1) is 23.7 Å². The van der Waals surface area contributed by atoms with E-state index in [1.807, 2.05) is 13.8 Å². The first-order valence-electron chi connectivity index (χ1n) is 7.38. The lowest BCUT2D eigenvalue weighted by Crippen LogP contribution is -2.52. The lowest BCUT2D eigenvalue weighted by atomic mass is 9.93. The fraction of sp³-hybridized carbons (Fsp3) is 0.375. The third kappa shape index (κ3) is 4.09. The van der Waals surface area contributed by atoms with Crippen LogP contribution < -0.4 is 11.1 Å². The van der Waals surface area contributed by atoms with E-state index in [1.54, 1.807) is 0 Å². The molecule has 1 aromatic heterocycles. The maximum Gasteiger partial charge on any atom is 0.271 e. The van der Waals surface area contributed by atoms with Crippen LogP contribution >= 0.6 is 23.7 Å². The van der Waals surface area contributed by atoms with Crippen molar-refractivity contribution in [2.45, 2.75) is 32.2 Å². The first kappa shape index (κ1) is 20.5. The van der Waals surface area contributed by atoms with Gasteiger partial charge in [-0.2, -0.15) is 0 Å². The number of hydrogen-bond acceptors (Lipinski definition) is 4. The molecule has 0 radical (unpaired) electrons. The van der Waals surface area contributed by atoms with E-state index in [2.05, 4.69) is 10.3 Å². The van der Waals surface area contributed by atoms with Crippen LogP contribution in [0.3, 0.4) is 0 Å². The second kappa shape index (κ2) is 8.50. The minimum atomic E-state index is -0.704. The van der Waals surface area contributed by atoms with Crippen molar-refractivity contribution < 1.29 is 13.6 Å². The van der Waals surface area contributed by atoms with Gasteiger partial charge >= 0.3 is 0 Å². The number of nitrogens with one attached hydrogen (secondary N) is 1. The highest BCUT2D eigenvalue weighted by atomic mass is 35.5. The van der Waals surface area contributed by atoms with Crippen LogP contribution in [0.25, 0.3) is 10.6 Å². The molecule has 8 heteroatoms. The molecule has 1 amide bonds. The van der Waals surface area contributed by atoms with Crippen molar-refractivity contribution in [3.63, 3.8) is 0 Å². The number of aromatic nitrogens is 1. The Labute approximate surface area is 149 Å². The van der Waals surface area contributed by atoms with E-state index in [9.17, 15) is 13.6 Å². The molecular weight excluding hydrogens is 356 g/mol. The smallest absolute Gasteiger partial charge is 0.271 e. The van der Waals surface area contributed by atoms with E-state index in [4.69, 9.17) is 5.73 Å². The summed E-state index contributed by atoms with van der Waals surface area (Å²) in [6.07, 6.45) is 1.37. The highest BCUT2D eigenvalue weighted by Crippen LogP contribution is 2.29. The number of halogens is 3. The van der Waals surface area contributed by atoms with E-state index in [0.717, 1.165) is 23.5 Å². The number of thiazole rings is 1. The summed E-state index contributed by atoms with van der Waals surface area (Å²) in [5, 5.41) is 4.51. The third-order valence-corrected chi connectivity index (χ3v) is 4.90. The Morgan fingerprint density at radius 3 is 2.38 bits per heavy atom. The van der Waals surface area contributed by atoms with Crippen LogP contribution in [0.15, 0.2) is 23.6 Å². The van der Waals surface area contributed by atoms with E-state index in [1.165, 1.54) is 11.4 Å². The molecule has 0 saturated heterocycles. The Kier molecular flexibility index (Phi) is 7.26. The molecule has 0 atom stereocenters. The molecule has 1 aromatic carbocycles. The predicted molar refractivity (Wildman–Crippen MR) is 94.5 cm³/mol. The predicted octanol–water partition coefficient (Wildman–Crippen LogP) is 3.76. The molecule has 2 rings (SSSR count). The average molecular weight is 376 g/mol. The standard InChI is InChI=1S/C16H19F2N3OS.ClH/c1-3-16(4-2,9-19)21-14(22)12-8-23-15(20-12)13-10(17)6-5-7-11(13)18;/h5-8H,3-4,9,19H2,1-2H3,(H,21,22);1H. The van der Waals surface area contributed by atoms with Crippen LogP contribution in [0.4, 0.5) is 8.78 Å². The number of amides is 1. The van der Waals surface area contributed by atoms with E-state index in [0.29, 0.717) is 19.4 Å². The number of nitrogens with two attached hydrogens (primary N) is 1. The number of nitrogens with zero attached hydrogens (tertiary/aromatic N) is 1. The summed E-state index contributed by atoms with van der Waals surface area (Å²) in [5.74, 6) is -1.80. The fourth-order valence-corrected chi connectivity index (χ4v) is 3.11. The van der Waals surface area contributed by atoms with Gasteiger partial charge < -0.3 is 11.1 Å². The Morgan fingerprint density at radius 2 is 1.88 bits per heavy atom. The molecule has 0 spiro atoms. The van der Waals surface area contributed by atoms with Gasteiger partial charge in [0.2, 0.25) is 0 Å².